The average molecular weight is 280 g/mol. The molecule has 1 aromatic carbocycles. The van der Waals surface area contributed by atoms with Gasteiger partial charge in [0.1, 0.15) is 5.82 Å². The minimum Gasteiger partial charge on any atom is -0.422 e. The average Bonchev–Trinajstić information content (AvgIpc) is 2.25. The van der Waals surface area contributed by atoms with Gasteiger partial charge >= 0.3 is 11.9 Å². The number of hydrogen-bond acceptors (Lipinski definition) is 5. The van der Waals surface area contributed by atoms with Crippen LogP contribution in [-0.4, -0.2) is 23.5 Å². The summed E-state index contributed by atoms with van der Waals surface area (Å²) in [4.78, 5) is 35.4. The molecule has 0 radical (unpaired) electrons. The van der Waals surface area contributed by atoms with E-state index in [1.54, 1.807) is 0 Å². The van der Waals surface area contributed by atoms with Gasteiger partial charge in [-0.3, -0.25) is 14.4 Å². The van der Waals surface area contributed by atoms with Gasteiger partial charge in [0, 0.05) is 20.3 Å². The monoisotopic (exact) mass is 280 g/mol. The van der Waals surface area contributed by atoms with Gasteiger partial charge in [-0.1, -0.05) is 12.1 Å². The lowest BCUT2D eigenvalue weighted by atomic mass is 9.97. The lowest BCUT2D eigenvalue weighted by molar-refractivity contribution is -0.238. The molecule has 0 aromatic heterocycles. The third kappa shape index (κ3) is 3.01. The van der Waals surface area contributed by atoms with Crippen LogP contribution in [-0.2, 0) is 30.3 Å². The minimum absolute atomic E-state index is 0.243. The Morgan fingerprint density at radius 3 is 2.40 bits per heavy atom. The molecule has 0 N–H and O–H groups in total. The normalized spacial score (nSPS) is 18.4. The Kier molecular flexibility index (Phi) is 3.57. The Morgan fingerprint density at radius 1 is 1.25 bits per heavy atom. The van der Waals surface area contributed by atoms with Gasteiger partial charge in [-0.15, -0.1) is 0 Å². The second-order valence-electron chi connectivity index (χ2n) is 4.95. The number of carbonyl (C=O) groups is 3. The zero-order valence-corrected chi connectivity index (χ0v) is 11.0. The zero-order valence-electron chi connectivity index (χ0n) is 11.0. The second kappa shape index (κ2) is 5.03. The van der Waals surface area contributed by atoms with Crippen LogP contribution in [0.5, 0.6) is 0 Å². The highest BCUT2D eigenvalue weighted by Crippen LogP contribution is 2.24. The number of halogens is 1. The van der Waals surface area contributed by atoms with Crippen molar-refractivity contribution in [3.63, 3.8) is 0 Å². The fourth-order valence-corrected chi connectivity index (χ4v) is 1.93. The molecule has 0 unspecified atom stereocenters. The highest BCUT2D eigenvalue weighted by atomic mass is 19.1. The van der Waals surface area contributed by atoms with Gasteiger partial charge in [-0.2, -0.15) is 0 Å². The number of hydrogen-bond donors (Lipinski definition) is 0. The fourth-order valence-electron chi connectivity index (χ4n) is 1.93. The van der Waals surface area contributed by atoms with E-state index >= 15 is 0 Å². The third-order valence-corrected chi connectivity index (χ3v) is 2.75. The van der Waals surface area contributed by atoms with Crippen molar-refractivity contribution in [3.8, 4) is 0 Å². The van der Waals surface area contributed by atoms with Crippen molar-refractivity contribution in [1.82, 2.24) is 0 Å². The molecule has 0 amide bonds. The molecule has 0 atom stereocenters. The molecule has 0 spiro atoms. The maximum Gasteiger partial charge on any atom is 0.331 e. The Labute approximate surface area is 114 Å². The predicted molar refractivity (Wildman–Crippen MR) is 64.9 cm³/mol. The SMILES string of the molecule is CC1(C)OC(=O)C(C(=O)Cc2cccc(F)c2)C(=O)O1. The number of ether oxygens (including phenoxy) is 2. The van der Waals surface area contributed by atoms with E-state index in [9.17, 15) is 18.8 Å². The van der Waals surface area contributed by atoms with E-state index in [-0.39, 0.29) is 6.42 Å². The van der Waals surface area contributed by atoms with E-state index < -0.39 is 35.2 Å². The van der Waals surface area contributed by atoms with Crippen molar-refractivity contribution >= 4 is 17.7 Å². The quantitative estimate of drug-likeness (QED) is 0.618. The van der Waals surface area contributed by atoms with Crippen molar-refractivity contribution < 1.29 is 28.2 Å². The Morgan fingerprint density at radius 2 is 1.85 bits per heavy atom. The van der Waals surface area contributed by atoms with Gasteiger partial charge < -0.3 is 9.47 Å². The van der Waals surface area contributed by atoms with Gasteiger partial charge in [0.25, 0.3) is 5.79 Å². The van der Waals surface area contributed by atoms with Gasteiger partial charge in [0.05, 0.1) is 0 Å². The molecule has 0 aliphatic carbocycles. The molecule has 106 valence electrons. The Hall–Kier alpha value is -2.24. The first-order chi connectivity index (χ1) is 9.28. The summed E-state index contributed by atoms with van der Waals surface area (Å²) in [6.07, 6.45) is -0.243. The topological polar surface area (TPSA) is 69.7 Å². The van der Waals surface area contributed by atoms with Gasteiger partial charge in [-0.05, 0) is 17.7 Å². The summed E-state index contributed by atoms with van der Waals surface area (Å²) in [6, 6.07) is 5.38. The lowest BCUT2D eigenvalue weighted by Crippen LogP contribution is -2.49. The summed E-state index contributed by atoms with van der Waals surface area (Å²) >= 11 is 0. The number of carbonyl (C=O) groups excluding carboxylic acids is 3. The number of cyclic esters (lactones) is 2. The summed E-state index contributed by atoms with van der Waals surface area (Å²) < 4.78 is 22.7. The molecule has 2 rings (SSSR count). The molecule has 1 aromatic rings. The summed E-state index contributed by atoms with van der Waals surface area (Å²) in [5, 5.41) is 0. The van der Waals surface area contributed by atoms with E-state index in [1.165, 1.54) is 38.1 Å². The molecule has 0 saturated carbocycles. The standard InChI is InChI=1S/C14H13FO5/c1-14(2)19-12(17)11(13(18)20-14)10(16)7-8-4-3-5-9(15)6-8/h3-6,11H,7H2,1-2H3. The van der Waals surface area contributed by atoms with Crippen LogP contribution in [0.25, 0.3) is 0 Å². The molecule has 0 bridgehead atoms. The molecule has 1 fully saturated rings. The van der Waals surface area contributed by atoms with Crippen LogP contribution < -0.4 is 0 Å². The fraction of sp³-hybridized carbons (Fsp3) is 0.357. The summed E-state index contributed by atoms with van der Waals surface area (Å²) in [7, 11) is 0. The molecule has 1 saturated heterocycles. The smallest absolute Gasteiger partial charge is 0.331 e. The summed E-state index contributed by atoms with van der Waals surface area (Å²) in [5.74, 6) is -6.03. The number of ketones is 1. The minimum atomic E-state index is -1.61. The van der Waals surface area contributed by atoms with Crippen molar-refractivity contribution in [3.05, 3.63) is 35.6 Å². The first kappa shape index (κ1) is 14.2. The largest absolute Gasteiger partial charge is 0.422 e. The molecular weight excluding hydrogens is 267 g/mol. The van der Waals surface area contributed by atoms with E-state index in [4.69, 9.17) is 9.47 Å². The van der Waals surface area contributed by atoms with Crippen LogP contribution in [0.15, 0.2) is 24.3 Å². The maximum atomic E-state index is 13.0. The van der Waals surface area contributed by atoms with Gasteiger partial charge in [0.2, 0.25) is 5.92 Å². The zero-order chi connectivity index (χ0) is 14.9. The predicted octanol–water partition coefficient (Wildman–Crippen LogP) is 1.39. The Bertz CT molecular complexity index is 559. The van der Waals surface area contributed by atoms with Crippen LogP contribution in [0.3, 0.4) is 0 Å². The van der Waals surface area contributed by atoms with E-state index in [1.807, 2.05) is 0 Å². The van der Waals surface area contributed by atoms with Crippen LogP contribution in [0.2, 0.25) is 0 Å². The van der Waals surface area contributed by atoms with Crippen LogP contribution >= 0.6 is 0 Å². The number of esters is 2. The first-order valence-corrected chi connectivity index (χ1v) is 6.01. The highest BCUT2D eigenvalue weighted by Gasteiger charge is 2.46. The number of rotatable bonds is 3. The van der Waals surface area contributed by atoms with Crippen molar-refractivity contribution in [1.29, 1.82) is 0 Å². The lowest BCUT2D eigenvalue weighted by Gasteiger charge is -2.32. The van der Waals surface area contributed by atoms with Gasteiger partial charge in [0.15, 0.2) is 5.78 Å². The number of Topliss-reactive ketones (excluding diaryl/α,β-unsaturated/α-hetero) is 1. The molecule has 5 nitrogen and oxygen atoms in total. The van der Waals surface area contributed by atoms with Crippen molar-refractivity contribution in [2.24, 2.45) is 5.92 Å². The summed E-state index contributed by atoms with van der Waals surface area (Å²) in [6.45, 7) is 2.80. The highest BCUT2D eigenvalue weighted by molar-refractivity contribution is 6.16. The molecule has 6 heteroatoms. The van der Waals surface area contributed by atoms with Gasteiger partial charge in [-0.25, -0.2) is 4.39 Å². The van der Waals surface area contributed by atoms with Crippen LogP contribution in [0.1, 0.15) is 19.4 Å². The van der Waals surface area contributed by atoms with E-state index in [0.717, 1.165) is 0 Å². The molecule has 1 aliphatic heterocycles. The third-order valence-electron chi connectivity index (χ3n) is 2.75. The molecule has 20 heavy (non-hydrogen) atoms. The maximum absolute atomic E-state index is 13.0. The molecule has 1 aliphatic rings. The van der Waals surface area contributed by atoms with Crippen molar-refractivity contribution in [2.75, 3.05) is 0 Å². The Balaban J connectivity index is 2.13. The second-order valence-corrected chi connectivity index (χ2v) is 4.95. The van der Waals surface area contributed by atoms with Crippen molar-refractivity contribution in [2.45, 2.75) is 26.1 Å². The van der Waals surface area contributed by atoms with E-state index in [2.05, 4.69) is 0 Å². The summed E-state index contributed by atoms with van der Waals surface area (Å²) in [5.41, 5.74) is 0.375. The van der Waals surface area contributed by atoms with E-state index in [0.29, 0.717) is 5.56 Å². The first-order valence-electron chi connectivity index (χ1n) is 6.01. The van der Waals surface area contributed by atoms with Crippen LogP contribution in [0, 0.1) is 11.7 Å². The molecule has 1 heterocycles. The molecular formula is C14H13FO5. The van der Waals surface area contributed by atoms with Crippen LogP contribution in [0.4, 0.5) is 4.39 Å². The number of benzene rings is 1.